The maximum absolute atomic E-state index is 11.6. The van der Waals surface area contributed by atoms with E-state index in [-0.39, 0.29) is 18.2 Å². The highest BCUT2D eigenvalue weighted by molar-refractivity contribution is 6.33. The van der Waals surface area contributed by atoms with Gasteiger partial charge in [0.2, 0.25) is 11.8 Å². The summed E-state index contributed by atoms with van der Waals surface area (Å²) in [6.45, 7) is 2.64. The summed E-state index contributed by atoms with van der Waals surface area (Å²) in [5.41, 5.74) is 0.519. The van der Waals surface area contributed by atoms with E-state index in [0.29, 0.717) is 17.3 Å². The highest BCUT2D eigenvalue weighted by Gasteiger charge is 2.10. The largest absolute Gasteiger partial charge is 0.356 e. The molecule has 0 aliphatic carbocycles. The molecule has 98 valence electrons. The van der Waals surface area contributed by atoms with E-state index in [1.807, 2.05) is 6.92 Å². The number of nitrogens with one attached hydrogen (secondary N) is 2. The molecule has 5 heteroatoms. The van der Waals surface area contributed by atoms with Crippen LogP contribution in [-0.4, -0.2) is 18.4 Å². The number of carbonyl (C=O) groups excluding carboxylic acids is 2. The third kappa shape index (κ3) is 5.19. The maximum Gasteiger partial charge on any atom is 0.233 e. The van der Waals surface area contributed by atoms with Crippen LogP contribution in [0.4, 0.5) is 5.69 Å². The van der Waals surface area contributed by atoms with E-state index in [2.05, 4.69) is 10.6 Å². The van der Waals surface area contributed by atoms with Crippen LogP contribution in [0, 0.1) is 0 Å². The van der Waals surface area contributed by atoms with Gasteiger partial charge in [-0.15, -0.1) is 0 Å². The number of benzene rings is 1. The minimum atomic E-state index is -0.364. The number of halogens is 1. The van der Waals surface area contributed by atoms with Crippen LogP contribution in [0.25, 0.3) is 0 Å². The molecule has 1 aromatic rings. The van der Waals surface area contributed by atoms with Crippen molar-refractivity contribution in [1.82, 2.24) is 5.32 Å². The van der Waals surface area contributed by atoms with Gasteiger partial charge in [0.05, 0.1) is 10.7 Å². The molecule has 1 aromatic carbocycles. The fourth-order valence-corrected chi connectivity index (χ4v) is 1.55. The Hall–Kier alpha value is -1.55. The first-order valence-electron chi connectivity index (χ1n) is 5.94. The number of hydrogen-bond donors (Lipinski definition) is 2. The predicted octanol–water partition coefficient (Wildman–Crippen LogP) is 2.58. The second kappa shape index (κ2) is 7.71. The normalized spacial score (nSPS) is 9.89. The van der Waals surface area contributed by atoms with E-state index in [9.17, 15) is 9.59 Å². The van der Waals surface area contributed by atoms with Gasteiger partial charge >= 0.3 is 0 Å². The lowest BCUT2D eigenvalue weighted by Crippen LogP contribution is -2.28. The van der Waals surface area contributed by atoms with Gasteiger partial charge in [-0.3, -0.25) is 9.59 Å². The summed E-state index contributed by atoms with van der Waals surface area (Å²) in [6.07, 6.45) is 1.74. The first-order valence-corrected chi connectivity index (χ1v) is 6.32. The molecule has 18 heavy (non-hydrogen) atoms. The number of carbonyl (C=O) groups is 2. The van der Waals surface area contributed by atoms with Gasteiger partial charge in [-0.25, -0.2) is 0 Å². The molecule has 0 heterocycles. The number of anilines is 1. The average molecular weight is 269 g/mol. The lowest BCUT2D eigenvalue weighted by Gasteiger charge is -2.07. The zero-order valence-corrected chi connectivity index (χ0v) is 11.1. The molecular formula is C13H17ClN2O2. The fourth-order valence-electron chi connectivity index (χ4n) is 1.37. The first-order chi connectivity index (χ1) is 8.63. The topological polar surface area (TPSA) is 58.2 Å². The van der Waals surface area contributed by atoms with Crippen molar-refractivity contribution in [3.63, 3.8) is 0 Å². The Morgan fingerprint density at radius 2 is 1.94 bits per heavy atom. The van der Waals surface area contributed by atoms with Crippen molar-refractivity contribution in [2.24, 2.45) is 0 Å². The molecule has 0 saturated heterocycles. The van der Waals surface area contributed by atoms with Crippen LogP contribution in [0.3, 0.4) is 0 Å². The smallest absolute Gasteiger partial charge is 0.233 e. The van der Waals surface area contributed by atoms with Gasteiger partial charge in [-0.1, -0.05) is 37.1 Å². The van der Waals surface area contributed by atoms with Gasteiger partial charge < -0.3 is 10.6 Å². The van der Waals surface area contributed by atoms with Crippen LogP contribution in [0.1, 0.15) is 26.2 Å². The summed E-state index contributed by atoms with van der Waals surface area (Å²) in [5, 5.41) is 5.74. The Bertz CT molecular complexity index is 421. The summed E-state index contributed by atoms with van der Waals surface area (Å²) in [5.74, 6) is -0.634. The van der Waals surface area contributed by atoms with Crippen LogP contribution in [-0.2, 0) is 9.59 Å². The molecule has 2 amide bonds. The second-order valence-electron chi connectivity index (χ2n) is 3.91. The van der Waals surface area contributed by atoms with E-state index in [0.717, 1.165) is 12.8 Å². The number of rotatable bonds is 6. The Morgan fingerprint density at radius 3 is 2.61 bits per heavy atom. The minimum Gasteiger partial charge on any atom is -0.356 e. The molecule has 0 aliphatic rings. The predicted molar refractivity (Wildman–Crippen MR) is 72.6 cm³/mol. The lowest BCUT2D eigenvalue weighted by atomic mass is 10.3. The van der Waals surface area contributed by atoms with Gasteiger partial charge in [0.25, 0.3) is 0 Å². The van der Waals surface area contributed by atoms with E-state index < -0.39 is 0 Å². The molecule has 4 nitrogen and oxygen atoms in total. The second-order valence-corrected chi connectivity index (χ2v) is 4.32. The fraction of sp³-hybridized carbons (Fsp3) is 0.385. The molecule has 0 aromatic heterocycles. The highest BCUT2D eigenvalue weighted by Crippen LogP contribution is 2.20. The van der Waals surface area contributed by atoms with Gasteiger partial charge in [-0.2, -0.15) is 0 Å². The van der Waals surface area contributed by atoms with Crippen LogP contribution in [0.5, 0.6) is 0 Å². The molecule has 0 spiro atoms. The highest BCUT2D eigenvalue weighted by atomic mass is 35.5. The van der Waals surface area contributed by atoms with Crippen LogP contribution >= 0.6 is 11.6 Å². The quantitative estimate of drug-likeness (QED) is 0.615. The van der Waals surface area contributed by atoms with E-state index in [4.69, 9.17) is 11.6 Å². The van der Waals surface area contributed by atoms with Crippen molar-refractivity contribution in [3.05, 3.63) is 29.3 Å². The summed E-state index contributed by atoms with van der Waals surface area (Å²) < 4.78 is 0. The molecule has 0 aliphatic heterocycles. The summed E-state index contributed by atoms with van der Waals surface area (Å²) >= 11 is 5.89. The third-order valence-electron chi connectivity index (χ3n) is 2.32. The zero-order valence-electron chi connectivity index (χ0n) is 10.3. The molecule has 0 bridgehead atoms. The van der Waals surface area contributed by atoms with Gasteiger partial charge in [0.1, 0.15) is 6.42 Å². The van der Waals surface area contributed by atoms with Crippen LogP contribution < -0.4 is 10.6 Å². The van der Waals surface area contributed by atoms with Crippen molar-refractivity contribution >= 4 is 29.1 Å². The van der Waals surface area contributed by atoms with Crippen molar-refractivity contribution < 1.29 is 9.59 Å². The molecule has 0 unspecified atom stereocenters. The number of unbranched alkanes of at least 4 members (excludes halogenated alkanes) is 1. The lowest BCUT2D eigenvalue weighted by molar-refractivity contribution is -0.126. The molecule has 0 radical (unpaired) electrons. The maximum atomic E-state index is 11.6. The summed E-state index contributed by atoms with van der Waals surface area (Å²) in [4.78, 5) is 23.0. The van der Waals surface area contributed by atoms with Crippen molar-refractivity contribution in [2.45, 2.75) is 26.2 Å². The van der Waals surface area contributed by atoms with Gasteiger partial charge in [0, 0.05) is 6.54 Å². The van der Waals surface area contributed by atoms with E-state index >= 15 is 0 Å². The molecule has 0 fully saturated rings. The molecule has 0 atom stereocenters. The Morgan fingerprint density at radius 1 is 1.22 bits per heavy atom. The zero-order chi connectivity index (χ0) is 13.4. The van der Waals surface area contributed by atoms with Crippen molar-refractivity contribution in [1.29, 1.82) is 0 Å². The van der Waals surface area contributed by atoms with E-state index in [1.54, 1.807) is 24.3 Å². The Labute approximate surface area is 112 Å². The van der Waals surface area contributed by atoms with Crippen molar-refractivity contribution in [3.8, 4) is 0 Å². The Balaban J connectivity index is 2.38. The van der Waals surface area contributed by atoms with Crippen molar-refractivity contribution in [2.75, 3.05) is 11.9 Å². The standard InChI is InChI=1S/C13H17ClN2O2/c1-2-3-8-15-12(17)9-13(18)16-11-7-5-4-6-10(11)14/h4-7H,2-3,8-9H2,1H3,(H,15,17)(H,16,18). The minimum absolute atomic E-state index is 0.186. The average Bonchev–Trinajstić information content (AvgIpc) is 2.32. The molecule has 2 N–H and O–H groups in total. The molecule has 1 rings (SSSR count). The third-order valence-corrected chi connectivity index (χ3v) is 2.65. The SMILES string of the molecule is CCCCNC(=O)CC(=O)Nc1ccccc1Cl. The van der Waals surface area contributed by atoms with Gasteiger partial charge in [-0.05, 0) is 18.6 Å². The first kappa shape index (κ1) is 14.5. The van der Waals surface area contributed by atoms with E-state index in [1.165, 1.54) is 0 Å². The summed E-state index contributed by atoms with van der Waals surface area (Å²) in [6, 6.07) is 6.91. The van der Waals surface area contributed by atoms with Crippen LogP contribution in [0.15, 0.2) is 24.3 Å². The van der Waals surface area contributed by atoms with Gasteiger partial charge in [0.15, 0.2) is 0 Å². The number of para-hydroxylation sites is 1. The Kier molecular flexibility index (Phi) is 6.22. The monoisotopic (exact) mass is 268 g/mol. The number of amides is 2. The van der Waals surface area contributed by atoms with Crippen LogP contribution in [0.2, 0.25) is 5.02 Å². The molecular weight excluding hydrogens is 252 g/mol. The summed E-state index contributed by atoms with van der Waals surface area (Å²) in [7, 11) is 0. The number of hydrogen-bond acceptors (Lipinski definition) is 2. The molecule has 0 saturated carbocycles.